The molecule has 1 heterocycles. The first-order chi connectivity index (χ1) is 9.19. The van der Waals surface area contributed by atoms with Crippen molar-refractivity contribution < 1.29 is 4.79 Å². The summed E-state index contributed by atoms with van der Waals surface area (Å²) in [6.07, 6.45) is 0.315. The Morgan fingerprint density at radius 3 is 2.74 bits per heavy atom. The van der Waals surface area contributed by atoms with Gasteiger partial charge in [-0.05, 0) is 12.5 Å². The van der Waals surface area contributed by atoms with Gasteiger partial charge in [-0.15, -0.1) is 11.3 Å². The molecule has 0 spiro atoms. The fourth-order valence-corrected chi connectivity index (χ4v) is 2.46. The van der Waals surface area contributed by atoms with E-state index in [2.05, 4.69) is 15.6 Å². The van der Waals surface area contributed by atoms with E-state index in [-0.39, 0.29) is 11.9 Å². The summed E-state index contributed by atoms with van der Waals surface area (Å²) >= 11 is 1.50. The quantitative estimate of drug-likeness (QED) is 0.882. The van der Waals surface area contributed by atoms with Gasteiger partial charge in [0.05, 0.1) is 18.2 Å². The van der Waals surface area contributed by atoms with Crippen LogP contribution in [0.25, 0.3) is 0 Å². The van der Waals surface area contributed by atoms with Crippen LogP contribution in [-0.4, -0.2) is 17.9 Å². The van der Waals surface area contributed by atoms with Crippen LogP contribution in [0.2, 0.25) is 0 Å². The predicted octanol–water partition coefficient (Wildman–Crippen LogP) is 2.60. The molecule has 0 aliphatic heterocycles. The molecule has 1 atom stereocenters. The first-order valence-corrected chi connectivity index (χ1v) is 7.03. The van der Waals surface area contributed by atoms with Gasteiger partial charge in [-0.25, -0.2) is 4.98 Å². The minimum Gasteiger partial charge on any atom is -0.365 e. The fraction of sp³-hybridized carbons (Fsp3) is 0.286. The number of nitrogens with one attached hydrogen (secondary N) is 2. The second-order valence-corrected chi connectivity index (χ2v) is 5.13. The fourth-order valence-electron chi connectivity index (χ4n) is 1.79. The third kappa shape index (κ3) is 3.79. The Morgan fingerprint density at radius 2 is 2.11 bits per heavy atom. The number of hydrogen-bond acceptors (Lipinski definition) is 4. The molecule has 1 aromatic heterocycles. The molecular weight excluding hydrogens is 258 g/mol. The SMILES string of the molecule is CNc1nc(CC(=O)NC(C)c2ccccc2)cs1. The zero-order chi connectivity index (χ0) is 13.7. The standard InChI is InChI=1S/C14H17N3OS/c1-10(11-6-4-3-5-7-11)16-13(18)8-12-9-19-14(15-2)17-12/h3-7,9-10H,8H2,1-2H3,(H,15,17)(H,16,18). The summed E-state index contributed by atoms with van der Waals surface area (Å²) in [5.74, 6) is -0.00990. The lowest BCUT2D eigenvalue weighted by Crippen LogP contribution is -2.28. The third-order valence-electron chi connectivity index (χ3n) is 2.78. The lowest BCUT2D eigenvalue weighted by molar-refractivity contribution is -0.121. The van der Waals surface area contributed by atoms with Crippen LogP contribution in [0.1, 0.15) is 24.2 Å². The largest absolute Gasteiger partial charge is 0.365 e. The summed E-state index contributed by atoms with van der Waals surface area (Å²) in [6, 6.07) is 9.93. The van der Waals surface area contributed by atoms with Crippen molar-refractivity contribution in [2.45, 2.75) is 19.4 Å². The lowest BCUT2D eigenvalue weighted by atomic mass is 10.1. The molecule has 0 radical (unpaired) electrons. The molecule has 0 saturated heterocycles. The van der Waals surface area contributed by atoms with E-state index < -0.39 is 0 Å². The summed E-state index contributed by atoms with van der Waals surface area (Å²) in [5, 5.41) is 8.67. The van der Waals surface area contributed by atoms with Gasteiger partial charge in [-0.3, -0.25) is 4.79 Å². The number of carbonyl (C=O) groups is 1. The van der Waals surface area contributed by atoms with Crippen LogP contribution >= 0.6 is 11.3 Å². The number of thiazole rings is 1. The van der Waals surface area contributed by atoms with Gasteiger partial charge in [0.15, 0.2) is 5.13 Å². The summed E-state index contributed by atoms with van der Waals surface area (Å²) in [4.78, 5) is 16.2. The number of aromatic nitrogens is 1. The normalized spacial score (nSPS) is 11.9. The molecule has 2 aromatic rings. The van der Waals surface area contributed by atoms with Crippen molar-refractivity contribution in [3.05, 3.63) is 47.0 Å². The highest BCUT2D eigenvalue weighted by Gasteiger charge is 2.11. The van der Waals surface area contributed by atoms with Gasteiger partial charge < -0.3 is 10.6 Å². The van der Waals surface area contributed by atoms with Crippen LogP contribution in [0, 0.1) is 0 Å². The number of hydrogen-bond donors (Lipinski definition) is 2. The van der Waals surface area contributed by atoms with Crippen molar-refractivity contribution in [3.63, 3.8) is 0 Å². The second kappa shape index (κ2) is 6.33. The predicted molar refractivity (Wildman–Crippen MR) is 78.4 cm³/mol. The van der Waals surface area contributed by atoms with Crippen LogP contribution in [0.15, 0.2) is 35.7 Å². The van der Waals surface area contributed by atoms with Gasteiger partial charge in [-0.2, -0.15) is 0 Å². The second-order valence-electron chi connectivity index (χ2n) is 4.27. The van der Waals surface area contributed by atoms with E-state index in [0.29, 0.717) is 6.42 Å². The van der Waals surface area contributed by atoms with E-state index in [1.165, 1.54) is 11.3 Å². The Balaban J connectivity index is 1.91. The molecule has 0 aliphatic carbocycles. The van der Waals surface area contributed by atoms with Crippen molar-refractivity contribution in [2.24, 2.45) is 0 Å². The van der Waals surface area contributed by atoms with Gasteiger partial charge in [-0.1, -0.05) is 30.3 Å². The molecule has 1 aromatic carbocycles. The van der Waals surface area contributed by atoms with Gasteiger partial charge in [0.1, 0.15) is 0 Å². The smallest absolute Gasteiger partial charge is 0.226 e. The minimum atomic E-state index is -0.00990. The maximum Gasteiger partial charge on any atom is 0.226 e. The van der Waals surface area contributed by atoms with Crippen LogP contribution in [0.5, 0.6) is 0 Å². The van der Waals surface area contributed by atoms with Crippen molar-refractivity contribution >= 4 is 22.4 Å². The zero-order valence-electron chi connectivity index (χ0n) is 11.0. The Labute approximate surface area is 116 Å². The van der Waals surface area contributed by atoms with E-state index >= 15 is 0 Å². The molecule has 0 bridgehead atoms. The van der Waals surface area contributed by atoms with Crippen molar-refractivity contribution in [2.75, 3.05) is 12.4 Å². The lowest BCUT2D eigenvalue weighted by Gasteiger charge is -2.13. The molecule has 0 saturated carbocycles. The van der Waals surface area contributed by atoms with Gasteiger partial charge in [0, 0.05) is 12.4 Å². The minimum absolute atomic E-state index is 0.00990. The summed E-state index contributed by atoms with van der Waals surface area (Å²) < 4.78 is 0. The Morgan fingerprint density at radius 1 is 1.37 bits per heavy atom. The number of rotatable bonds is 5. The molecule has 2 N–H and O–H groups in total. The molecule has 5 heteroatoms. The molecular formula is C14H17N3OS. The van der Waals surface area contributed by atoms with Crippen LogP contribution < -0.4 is 10.6 Å². The van der Waals surface area contributed by atoms with E-state index in [4.69, 9.17) is 0 Å². The topological polar surface area (TPSA) is 54.0 Å². The average Bonchev–Trinajstić information content (AvgIpc) is 2.87. The van der Waals surface area contributed by atoms with E-state index in [1.807, 2.05) is 49.7 Å². The van der Waals surface area contributed by atoms with Crippen LogP contribution in [-0.2, 0) is 11.2 Å². The van der Waals surface area contributed by atoms with Gasteiger partial charge >= 0.3 is 0 Å². The number of amides is 1. The van der Waals surface area contributed by atoms with Gasteiger partial charge in [0.25, 0.3) is 0 Å². The molecule has 4 nitrogen and oxygen atoms in total. The van der Waals surface area contributed by atoms with Crippen molar-refractivity contribution in [1.82, 2.24) is 10.3 Å². The van der Waals surface area contributed by atoms with E-state index in [9.17, 15) is 4.79 Å². The van der Waals surface area contributed by atoms with E-state index in [0.717, 1.165) is 16.4 Å². The summed E-state index contributed by atoms with van der Waals surface area (Å²) in [7, 11) is 1.82. The molecule has 1 amide bonds. The molecule has 19 heavy (non-hydrogen) atoms. The maximum atomic E-state index is 11.9. The van der Waals surface area contributed by atoms with Crippen molar-refractivity contribution in [1.29, 1.82) is 0 Å². The molecule has 0 fully saturated rings. The highest BCUT2D eigenvalue weighted by molar-refractivity contribution is 7.13. The van der Waals surface area contributed by atoms with Crippen molar-refractivity contribution in [3.8, 4) is 0 Å². The third-order valence-corrected chi connectivity index (χ3v) is 3.69. The van der Waals surface area contributed by atoms with Crippen LogP contribution in [0.4, 0.5) is 5.13 Å². The number of carbonyl (C=O) groups excluding carboxylic acids is 1. The van der Waals surface area contributed by atoms with Gasteiger partial charge in [0.2, 0.25) is 5.91 Å². The molecule has 2 rings (SSSR count). The highest BCUT2D eigenvalue weighted by atomic mass is 32.1. The Hall–Kier alpha value is -1.88. The monoisotopic (exact) mass is 275 g/mol. The highest BCUT2D eigenvalue weighted by Crippen LogP contribution is 2.15. The average molecular weight is 275 g/mol. The Bertz CT molecular complexity index is 539. The number of benzene rings is 1. The summed E-state index contributed by atoms with van der Waals surface area (Å²) in [6.45, 7) is 1.98. The Kier molecular flexibility index (Phi) is 4.52. The first-order valence-electron chi connectivity index (χ1n) is 6.15. The molecule has 100 valence electrons. The zero-order valence-corrected chi connectivity index (χ0v) is 11.8. The number of anilines is 1. The molecule has 0 aliphatic rings. The molecule has 1 unspecified atom stereocenters. The van der Waals surface area contributed by atoms with Crippen LogP contribution in [0.3, 0.4) is 0 Å². The maximum absolute atomic E-state index is 11.9. The first kappa shape index (κ1) is 13.5. The number of nitrogens with zero attached hydrogens (tertiary/aromatic N) is 1. The van der Waals surface area contributed by atoms with E-state index in [1.54, 1.807) is 0 Å². The summed E-state index contributed by atoms with van der Waals surface area (Å²) in [5.41, 5.74) is 1.90.